The summed E-state index contributed by atoms with van der Waals surface area (Å²) in [6, 6.07) is 4.00. The van der Waals surface area contributed by atoms with Crippen LogP contribution in [0, 0.1) is 0 Å². The normalized spacial score (nSPS) is 19.7. The van der Waals surface area contributed by atoms with Crippen LogP contribution in [0.1, 0.15) is 36.6 Å². The van der Waals surface area contributed by atoms with E-state index >= 15 is 0 Å². The van der Waals surface area contributed by atoms with E-state index in [0.29, 0.717) is 0 Å². The summed E-state index contributed by atoms with van der Waals surface area (Å²) in [6.45, 7) is 4.57. The van der Waals surface area contributed by atoms with Gasteiger partial charge in [0.25, 0.3) is 0 Å². The lowest BCUT2D eigenvalue weighted by molar-refractivity contribution is -0.0366. The molecule has 1 aromatic carbocycles. The van der Waals surface area contributed by atoms with E-state index < -0.39 is 0 Å². The molecule has 0 spiro atoms. The highest BCUT2D eigenvalue weighted by Crippen LogP contribution is 2.29. The number of aromatic nitrogens is 2. The fourth-order valence-corrected chi connectivity index (χ4v) is 2.71. The zero-order valence-corrected chi connectivity index (χ0v) is 10.9. The van der Waals surface area contributed by atoms with E-state index in [4.69, 9.17) is 4.74 Å². The van der Waals surface area contributed by atoms with Crippen molar-refractivity contribution in [3.8, 4) is 0 Å². The fraction of sp³-hybridized carbons (Fsp3) is 0.400. The average Bonchev–Trinajstić information content (AvgIpc) is 2.91. The number of hydrogen-bond acceptors (Lipinski definition) is 3. The van der Waals surface area contributed by atoms with Gasteiger partial charge in [0, 0.05) is 12.0 Å². The zero-order valence-electron chi connectivity index (χ0n) is 10.9. The van der Waals surface area contributed by atoms with Gasteiger partial charge in [0.2, 0.25) is 0 Å². The summed E-state index contributed by atoms with van der Waals surface area (Å²) < 4.78 is 7.71. The molecule has 0 amide bonds. The quantitative estimate of drug-likeness (QED) is 0.920. The molecule has 0 bridgehead atoms. The molecule has 1 atom stereocenters. The molecule has 100 valence electrons. The first-order chi connectivity index (χ1) is 9.35. The van der Waals surface area contributed by atoms with Gasteiger partial charge in [0.1, 0.15) is 0 Å². The predicted molar refractivity (Wildman–Crippen MR) is 74.6 cm³/mol. The van der Waals surface area contributed by atoms with E-state index in [2.05, 4.69) is 11.7 Å². The van der Waals surface area contributed by atoms with Crippen molar-refractivity contribution in [2.75, 3.05) is 6.61 Å². The molecule has 1 aliphatic rings. The Bertz CT molecular complexity index is 597. The van der Waals surface area contributed by atoms with Crippen LogP contribution in [0.2, 0.25) is 0 Å². The molecule has 3 rings (SSSR count). The Balaban J connectivity index is 2.10. The number of ether oxygens (including phenoxy) is 1. The van der Waals surface area contributed by atoms with Crippen molar-refractivity contribution in [2.45, 2.75) is 32.1 Å². The summed E-state index contributed by atoms with van der Waals surface area (Å²) in [6.07, 6.45) is 6.88. The van der Waals surface area contributed by atoms with Gasteiger partial charge in [-0.3, -0.25) is 0 Å². The Labute approximate surface area is 112 Å². The highest BCUT2D eigenvalue weighted by molar-refractivity contribution is 5.85. The molecule has 1 unspecified atom stereocenters. The SMILES string of the molecule is C=Cc1ccc2c(cnn2C2CCCCO2)c1CO. The maximum absolute atomic E-state index is 9.55. The maximum atomic E-state index is 9.55. The lowest BCUT2D eigenvalue weighted by Gasteiger charge is -2.23. The first-order valence-electron chi connectivity index (χ1n) is 6.69. The Kier molecular flexibility index (Phi) is 3.36. The van der Waals surface area contributed by atoms with Gasteiger partial charge in [-0.15, -0.1) is 0 Å². The zero-order chi connectivity index (χ0) is 13.2. The first-order valence-corrected chi connectivity index (χ1v) is 6.69. The van der Waals surface area contributed by atoms with Gasteiger partial charge in [-0.25, -0.2) is 4.68 Å². The van der Waals surface area contributed by atoms with Crippen LogP contribution in [0.3, 0.4) is 0 Å². The lowest BCUT2D eigenvalue weighted by Crippen LogP contribution is -2.18. The van der Waals surface area contributed by atoms with E-state index in [1.165, 1.54) is 6.42 Å². The summed E-state index contributed by atoms with van der Waals surface area (Å²) in [5.41, 5.74) is 2.86. The minimum Gasteiger partial charge on any atom is -0.392 e. The van der Waals surface area contributed by atoms with E-state index in [1.807, 2.05) is 23.0 Å². The summed E-state index contributed by atoms with van der Waals surface area (Å²) in [7, 11) is 0. The molecule has 4 nitrogen and oxygen atoms in total. The number of nitrogens with zero attached hydrogens (tertiary/aromatic N) is 2. The summed E-state index contributed by atoms with van der Waals surface area (Å²) in [5, 5.41) is 15.0. The largest absolute Gasteiger partial charge is 0.392 e. The Morgan fingerprint density at radius 1 is 1.47 bits per heavy atom. The maximum Gasteiger partial charge on any atom is 0.150 e. The van der Waals surface area contributed by atoms with E-state index in [1.54, 1.807) is 6.08 Å². The van der Waals surface area contributed by atoms with Gasteiger partial charge < -0.3 is 9.84 Å². The van der Waals surface area contributed by atoms with Crippen LogP contribution >= 0.6 is 0 Å². The third-order valence-corrected chi connectivity index (χ3v) is 3.73. The molecule has 19 heavy (non-hydrogen) atoms. The highest BCUT2D eigenvalue weighted by atomic mass is 16.5. The Hall–Kier alpha value is -1.65. The molecule has 2 aromatic rings. The van der Waals surface area contributed by atoms with Crippen LogP contribution in [0.25, 0.3) is 17.0 Å². The number of hydrogen-bond donors (Lipinski definition) is 1. The third-order valence-electron chi connectivity index (χ3n) is 3.73. The molecule has 2 heterocycles. The van der Waals surface area contributed by atoms with Crippen molar-refractivity contribution in [2.24, 2.45) is 0 Å². The fourth-order valence-electron chi connectivity index (χ4n) is 2.71. The molecule has 4 heteroatoms. The van der Waals surface area contributed by atoms with Gasteiger partial charge in [-0.05, 0) is 36.5 Å². The van der Waals surface area contributed by atoms with Gasteiger partial charge >= 0.3 is 0 Å². The van der Waals surface area contributed by atoms with Gasteiger partial charge in [-0.1, -0.05) is 18.7 Å². The number of benzene rings is 1. The number of aliphatic hydroxyl groups is 1. The Morgan fingerprint density at radius 3 is 3.05 bits per heavy atom. The number of rotatable bonds is 3. The van der Waals surface area contributed by atoms with Crippen LogP contribution in [0.4, 0.5) is 0 Å². The third kappa shape index (κ3) is 2.07. The molecule has 0 radical (unpaired) electrons. The summed E-state index contributed by atoms with van der Waals surface area (Å²) in [4.78, 5) is 0. The van der Waals surface area contributed by atoms with Crippen LogP contribution < -0.4 is 0 Å². The van der Waals surface area contributed by atoms with Crippen molar-refractivity contribution in [3.05, 3.63) is 36.0 Å². The molecule has 0 aliphatic carbocycles. The van der Waals surface area contributed by atoms with Gasteiger partial charge in [0.15, 0.2) is 6.23 Å². The van der Waals surface area contributed by atoms with E-state index in [9.17, 15) is 5.11 Å². The van der Waals surface area contributed by atoms with Crippen molar-refractivity contribution in [1.82, 2.24) is 9.78 Å². The molecule has 1 N–H and O–H groups in total. The second-order valence-corrected chi connectivity index (χ2v) is 4.84. The van der Waals surface area contributed by atoms with Crippen LogP contribution in [-0.4, -0.2) is 21.5 Å². The van der Waals surface area contributed by atoms with Crippen LogP contribution in [0.15, 0.2) is 24.9 Å². The second-order valence-electron chi connectivity index (χ2n) is 4.84. The standard InChI is InChI=1S/C15H18N2O2/c1-2-11-6-7-14-12(13(11)10-18)9-16-17(14)15-5-3-4-8-19-15/h2,6-7,9,15,18H,1,3-5,8,10H2. The Morgan fingerprint density at radius 2 is 2.37 bits per heavy atom. The molecular formula is C15H18N2O2. The molecular weight excluding hydrogens is 240 g/mol. The summed E-state index contributed by atoms with van der Waals surface area (Å²) in [5.74, 6) is 0. The first kappa shape index (κ1) is 12.4. The lowest BCUT2D eigenvalue weighted by atomic mass is 10.0. The van der Waals surface area contributed by atoms with E-state index in [0.717, 1.165) is 41.5 Å². The van der Waals surface area contributed by atoms with E-state index in [-0.39, 0.29) is 12.8 Å². The average molecular weight is 258 g/mol. The van der Waals surface area contributed by atoms with Crippen molar-refractivity contribution < 1.29 is 9.84 Å². The van der Waals surface area contributed by atoms with Crippen LogP contribution in [-0.2, 0) is 11.3 Å². The highest BCUT2D eigenvalue weighted by Gasteiger charge is 2.19. The van der Waals surface area contributed by atoms with Gasteiger partial charge in [0.05, 0.1) is 18.3 Å². The van der Waals surface area contributed by atoms with Gasteiger partial charge in [-0.2, -0.15) is 5.10 Å². The number of aliphatic hydroxyl groups excluding tert-OH is 1. The molecule has 1 saturated heterocycles. The monoisotopic (exact) mass is 258 g/mol. The topological polar surface area (TPSA) is 47.3 Å². The van der Waals surface area contributed by atoms with Crippen molar-refractivity contribution >= 4 is 17.0 Å². The number of fused-ring (bicyclic) bond motifs is 1. The van der Waals surface area contributed by atoms with Crippen molar-refractivity contribution in [3.63, 3.8) is 0 Å². The molecule has 0 saturated carbocycles. The van der Waals surface area contributed by atoms with Crippen molar-refractivity contribution in [1.29, 1.82) is 0 Å². The smallest absolute Gasteiger partial charge is 0.150 e. The molecule has 1 aliphatic heterocycles. The molecule has 1 aromatic heterocycles. The summed E-state index contributed by atoms with van der Waals surface area (Å²) >= 11 is 0. The minimum absolute atomic E-state index is 0.00406. The minimum atomic E-state index is -0.00406. The predicted octanol–water partition coefficient (Wildman–Crippen LogP) is 2.87. The second kappa shape index (κ2) is 5.15. The molecule has 1 fully saturated rings. The van der Waals surface area contributed by atoms with Crippen LogP contribution in [0.5, 0.6) is 0 Å².